The number of nitrogens with zero attached hydrogens (tertiary/aromatic N) is 1. The highest BCUT2D eigenvalue weighted by Gasteiger charge is 2.06. The molecule has 4 nitrogen and oxygen atoms in total. The lowest BCUT2D eigenvalue weighted by atomic mass is 10.2. The Balaban J connectivity index is 2.55. The van der Waals surface area contributed by atoms with E-state index in [-0.39, 0.29) is 16.7 Å². The summed E-state index contributed by atoms with van der Waals surface area (Å²) in [5.74, 6) is -0.0593. The number of hydrogen-bond acceptors (Lipinski definition) is 3. The third-order valence-electron chi connectivity index (χ3n) is 1.84. The summed E-state index contributed by atoms with van der Waals surface area (Å²) in [5, 5.41) is 0.218. The van der Waals surface area contributed by atoms with Gasteiger partial charge >= 0.3 is 6.61 Å². The summed E-state index contributed by atoms with van der Waals surface area (Å²) < 4.78 is 28.0. The van der Waals surface area contributed by atoms with Crippen molar-refractivity contribution < 1.29 is 13.5 Å². The lowest BCUT2D eigenvalue weighted by molar-refractivity contribution is -0.0497. The monoisotopic (exact) mass is 212 g/mol. The molecule has 0 radical (unpaired) electrons. The van der Waals surface area contributed by atoms with E-state index in [0.29, 0.717) is 5.52 Å². The lowest BCUT2D eigenvalue weighted by Crippen LogP contribution is -2.07. The number of halogens is 2. The molecular weight excluding hydrogens is 206 g/mol. The van der Waals surface area contributed by atoms with Gasteiger partial charge in [0.1, 0.15) is 5.75 Å². The molecule has 0 saturated heterocycles. The van der Waals surface area contributed by atoms with Crippen LogP contribution in [0.2, 0.25) is 0 Å². The minimum absolute atomic E-state index is 0.0593. The molecule has 78 valence electrons. The SMILES string of the molecule is O=c1[nH]cnc2ccc(OC(F)F)cc12. The number of nitrogens with one attached hydrogen (secondary N) is 1. The molecule has 0 aliphatic carbocycles. The summed E-state index contributed by atoms with van der Waals surface area (Å²) in [6.07, 6.45) is 1.25. The Hall–Kier alpha value is -1.98. The third kappa shape index (κ3) is 1.93. The standard InChI is InChI=1S/C9H6F2N2O2/c10-9(11)15-5-1-2-7-6(3-5)8(14)13-4-12-7/h1-4,9H,(H,12,13,14). The average Bonchev–Trinajstić information content (AvgIpc) is 2.18. The number of H-pyrrole nitrogens is 1. The normalized spacial score (nSPS) is 10.9. The number of aromatic nitrogens is 2. The zero-order valence-electron chi connectivity index (χ0n) is 7.41. The highest BCUT2D eigenvalue weighted by Crippen LogP contribution is 2.17. The van der Waals surface area contributed by atoms with E-state index >= 15 is 0 Å². The van der Waals surface area contributed by atoms with Crippen molar-refractivity contribution in [3.05, 3.63) is 34.9 Å². The zero-order valence-corrected chi connectivity index (χ0v) is 7.41. The van der Waals surface area contributed by atoms with Crippen LogP contribution >= 0.6 is 0 Å². The van der Waals surface area contributed by atoms with Crippen molar-refractivity contribution in [1.29, 1.82) is 0 Å². The van der Waals surface area contributed by atoms with Gasteiger partial charge in [-0.05, 0) is 18.2 Å². The Morgan fingerprint density at radius 1 is 1.40 bits per heavy atom. The Morgan fingerprint density at radius 2 is 2.20 bits per heavy atom. The molecule has 2 rings (SSSR count). The highest BCUT2D eigenvalue weighted by atomic mass is 19.3. The maximum absolute atomic E-state index is 11.9. The van der Waals surface area contributed by atoms with Crippen LogP contribution in [-0.2, 0) is 0 Å². The summed E-state index contributed by atoms with van der Waals surface area (Å²) >= 11 is 0. The van der Waals surface area contributed by atoms with Crippen molar-refractivity contribution in [3.8, 4) is 5.75 Å². The number of alkyl halides is 2. The second kappa shape index (κ2) is 3.64. The second-order valence-corrected chi connectivity index (χ2v) is 2.79. The molecule has 0 bridgehead atoms. The first-order valence-electron chi connectivity index (χ1n) is 4.09. The van der Waals surface area contributed by atoms with E-state index in [9.17, 15) is 13.6 Å². The van der Waals surface area contributed by atoms with Gasteiger partial charge in [-0.15, -0.1) is 0 Å². The Bertz CT molecular complexity index is 539. The zero-order chi connectivity index (χ0) is 10.8. The van der Waals surface area contributed by atoms with E-state index in [2.05, 4.69) is 14.7 Å². The predicted molar refractivity (Wildman–Crippen MR) is 49.0 cm³/mol. The fourth-order valence-corrected chi connectivity index (χ4v) is 1.22. The molecule has 1 heterocycles. The molecule has 15 heavy (non-hydrogen) atoms. The summed E-state index contributed by atoms with van der Waals surface area (Å²) in [6, 6.07) is 4.01. The van der Waals surface area contributed by atoms with Gasteiger partial charge < -0.3 is 9.72 Å². The first kappa shape index (κ1) is 9.57. The van der Waals surface area contributed by atoms with Gasteiger partial charge in [-0.2, -0.15) is 8.78 Å². The number of rotatable bonds is 2. The molecule has 1 aromatic carbocycles. The van der Waals surface area contributed by atoms with E-state index in [0.717, 1.165) is 0 Å². The van der Waals surface area contributed by atoms with Crippen LogP contribution < -0.4 is 10.3 Å². The van der Waals surface area contributed by atoms with Crippen LogP contribution in [0.3, 0.4) is 0 Å². The van der Waals surface area contributed by atoms with Crippen LogP contribution in [0.5, 0.6) is 5.75 Å². The molecule has 2 aromatic rings. The minimum Gasteiger partial charge on any atom is -0.435 e. The summed E-state index contributed by atoms with van der Waals surface area (Å²) in [5.41, 5.74) is 0.0417. The quantitative estimate of drug-likeness (QED) is 0.821. The topological polar surface area (TPSA) is 55.0 Å². The number of ether oxygens (including phenoxy) is 1. The third-order valence-corrected chi connectivity index (χ3v) is 1.84. The highest BCUT2D eigenvalue weighted by molar-refractivity contribution is 5.78. The molecule has 1 aromatic heterocycles. The van der Waals surface area contributed by atoms with Crippen LogP contribution in [0, 0.1) is 0 Å². The molecule has 0 unspecified atom stereocenters. The Kier molecular flexibility index (Phi) is 2.32. The second-order valence-electron chi connectivity index (χ2n) is 2.79. The van der Waals surface area contributed by atoms with Crippen LogP contribution in [0.1, 0.15) is 0 Å². The van der Waals surface area contributed by atoms with Gasteiger partial charge in [0, 0.05) is 0 Å². The maximum Gasteiger partial charge on any atom is 0.387 e. The van der Waals surface area contributed by atoms with E-state index < -0.39 is 6.61 Å². The Morgan fingerprint density at radius 3 is 2.93 bits per heavy atom. The first-order valence-corrected chi connectivity index (χ1v) is 4.09. The van der Waals surface area contributed by atoms with Gasteiger partial charge in [-0.3, -0.25) is 4.79 Å². The summed E-state index contributed by atoms with van der Waals surface area (Å²) in [6.45, 7) is -2.90. The molecule has 0 aliphatic rings. The van der Waals surface area contributed by atoms with Gasteiger partial charge in [-0.1, -0.05) is 0 Å². The van der Waals surface area contributed by atoms with Gasteiger partial charge in [0.25, 0.3) is 5.56 Å². The summed E-state index contributed by atoms with van der Waals surface area (Å²) in [4.78, 5) is 17.5. The van der Waals surface area contributed by atoms with Crippen molar-refractivity contribution in [2.75, 3.05) is 0 Å². The van der Waals surface area contributed by atoms with E-state index in [1.165, 1.54) is 24.5 Å². The molecule has 1 N–H and O–H groups in total. The number of hydrogen-bond donors (Lipinski definition) is 1. The lowest BCUT2D eigenvalue weighted by Gasteiger charge is -2.04. The number of aromatic amines is 1. The van der Waals surface area contributed by atoms with Crippen molar-refractivity contribution in [2.24, 2.45) is 0 Å². The van der Waals surface area contributed by atoms with E-state index in [1.807, 2.05) is 0 Å². The Labute approximate surface area is 82.5 Å². The molecule has 0 atom stereocenters. The molecule has 6 heteroatoms. The predicted octanol–water partition coefficient (Wildman–Crippen LogP) is 1.52. The molecule has 0 saturated carbocycles. The fourth-order valence-electron chi connectivity index (χ4n) is 1.22. The number of fused-ring (bicyclic) bond motifs is 1. The molecule has 0 fully saturated rings. The van der Waals surface area contributed by atoms with Gasteiger partial charge in [0.2, 0.25) is 0 Å². The maximum atomic E-state index is 11.9. The largest absolute Gasteiger partial charge is 0.435 e. The van der Waals surface area contributed by atoms with Crippen molar-refractivity contribution >= 4 is 10.9 Å². The average molecular weight is 212 g/mol. The molecule has 0 aliphatic heterocycles. The first-order chi connectivity index (χ1) is 7.16. The van der Waals surface area contributed by atoms with Crippen LogP contribution in [0.15, 0.2) is 29.3 Å². The molecular formula is C9H6F2N2O2. The number of benzene rings is 1. The van der Waals surface area contributed by atoms with Crippen LogP contribution in [0.25, 0.3) is 10.9 Å². The minimum atomic E-state index is -2.90. The smallest absolute Gasteiger partial charge is 0.387 e. The molecule has 0 amide bonds. The van der Waals surface area contributed by atoms with Gasteiger partial charge in [0.15, 0.2) is 0 Å². The van der Waals surface area contributed by atoms with Gasteiger partial charge in [0.05, 0.1) is 17.2 Å². The molecule has 0 spiro atoms. The van der Waals surface area contributed by atoms with Crippen molar-refractivity contribution in [1.82, 2.24) is 9.97 Å². The van der Waals surface area contributed by atoms with Crippen molar-refractivity contribution in [3.63, 3.8) is 0 Å². The van der Waals surface area contributed by atoms with Gasteiger partial charge in [-0.25, -0.2) is 4.98 Å². The van der Waals surface area contributed by atoms with E-state index in [1.54, 1.807) is 0 Å². The van der Waals surface area contributed by atoms with E-state index in [4.69, 9.17) is 0 Å². The summed E-state index contributed by atoms with van der Waals surface area (Å²) in [7, 11) is 0. The van der Waals surface area contributed by atoms with Crippen LogP contribution in [0.4, 0.5) is 8.78 Å². The fraction of sp³-hybridized carbons (Fsp3) is 0.111. The van der Waals surface area contributed by atoms with Crippen molar-refractivity contribution in [2.45, 2.75) is 6.61 Å². The van der Waals surface area contributed by atoms with Crippen LogP contribution in [-0.4, -0.2) is 16.6 Å².